The van der Waals surface area contributed by atoms with Crippen molar-refractivity contribution in [1.29, 1.82) is 0 Å². The van der Waals surface area contributed by atoms with Gasteiger partial charge in [-0.1, -0.05) is 23.8 Å². The van der Waals surface area contributed by atoms with Crippen molar-refractivity contribution in [3.63, 3.8) is 0 Å². The highest BCUT2D eigenvalue weighted by atomic mass is 19.1. The number of likely N-dealkylation sites (N-methyl/N-ethyl adjacent to an activating group) is 1. The van der Waals surface area contributed by atoms with Crippen molar-refractivity contribution in [3.05, 3.63) is 76.0 Å². The Balaban J connectivity index is 2.07. The van der Waals surface area contributed by atoms with Gasteiger partial charge in [-0.05, 0) is 44.0 Å². The summed E-state index contributed by atoms with van der Waals surface area (Å²) < 4.78 is 38.0. The van der Waals surface area contributed by atoms with E-state index in [1.807, 2.05) is 32.0 Å². The van der Waals surface area contributed by atoms with Gasteiger partial charge in [0, 0.05) is 13.1 Å². The highest BCUT2D eigenvalue weighted by Gasteiger charge is 2.37. The third-order valence-electron chi connectivity index (χ3n) is 5.07. The van der Waals surface area contributed by atoms with Crippen LogP contribution in [0.2, 0.25) is 0 Å². The molecule has 8 heteroatoms. The summed E-state index contributed by atoms with van der Waals surface area (Å²) in [6.07, 6.45) is 0. The van der Waals surface area contributed by atoms with Gasteiger partial charge in [0.25, 0.3) is 0 Å². The maximum absolute atomic E-state index is 14.0. The number of nitrogens with zero attached hydrogens (tertiary/aromatic N) is 1. The van der Waals surface area contributed by atoms with E-state index in [0.717, 1.165) is 28.8 Å². The molecule has 0 bridgehead atoms. The summed E-state index contributed by atoms with van der Waals surface area (Å²) in [7, 11) is 1.48. The van der Waals surface area contributed by atoms with E-state index in [0.29, 0.717) is 6.07 Å². The molecule has 0 spiro atoms. The second-order valence-corrected chi connectivity index (χ2v) is 7.25. The molecule has 6 nitrogen and oxygen atoms in total. The lowest BCUT2D eigenvalue weighted by atomic mass is 9.91. The minimum absolute atomic E-state index is 0.139. The van der Waals surface area contributed by atoms with Gasteiger partial charge in [-0.2, -0.15) is 0 Å². The van der Waals surface area contributed by atoms with Crippen LogP contribution in [0.25, 0.3) is 0 Å². The van der Waals surface area contributed by atoms with E-state index in [4.69, 9.17) is 9.47 Å². The second kappa shape index (κ2) is 9.16. The van der Waals surface area contributed by atoms with Crippen molar-refractivity contribution in [2.45, 2.75) is 26.8 Å². The number of carbonyl (C=O) groups excluding carboxylic acids is 2. The SMILES string of the molecule is CCOC(=O)C1=C(COc2ccc(F)cc2F)N(C)C(=O)NC1c1ccc(C)cc1C. The zero-order chi connectivity index (χ0) is 22.7. The molecule has 1 aliphatic heterocycles. The van der Waals surface area contributed by atoms with Crippen molar-refractivity contribution in [3.8, 4) is 5.75 Å². The van der Waals surface area contributed by atoms with E-state index in [1.54, 1.807) is 6.92 Å². The fourth-order valence-electron chi connectivity index (χ4n) is 3.50. The Hall–Kier alpha value is -3.42. The van der Waals surface area contributed by atoms with E-state index >= 15 is 0 Å². The van der Waals surface area contributed by atoms with E-state index in [-0.39, 0.29) is 30.2 Å². The number of benzene rings is 2. The number of nitrogens with one attached hydrogen (secondary N) is 1. The summed E-state index contributed by atoms with van der Waals surface area (Å²) in [5, 5.41) is 2.83. The van der Waals surface area contributed by atoms with Gasteiger partial charge < -0.3 is 14.8 Å². The normalized spacial score (nSPS) is 16.3. The number of carbonyl (C=O) groups is 2. The molecule has 1 heterocycles. The van der Waals surface area contributed by atoms with E-state index < -0.39 is 29.7 Å². The van der Waals surface area contributed by atoms with Gasteiger partial charge in [-0.3, -0.25) is 4.90 Å². The van der Waals surface area contributed by atoms with Crippen LogP contribution in [0.1, 0.15) is 29.7 Å². The standard InChI is InChI=1S/C23H24F2N2O4/c1-5-30-22(28)20-18(12-31-19-9-7-15(24)11-17(19)25)27(4)23(29)26-21(20)16-8-6-13(2)10-14(16)3/h6-11,21H,5,12H2,1-4H3,(H,26,29). The first-order valence-electron chi connectivity index (χ1n) is 9.82. The monoisotopic (exact) mass is 430 g/mol. The molecule has 31 heavy (non-hydrogen) atoms. The molecule has 1 atom stereocenters. The van der Waals surface area contributed by atoms with Gasteiger partial charge in [0.1, 0.15) is 12.4 Å². The summed E-state index contributed by atoms with van der Waals surface area (Å²) in [6, 6.07) is 7.39. The molecule has 1 aliphatic rings. The number of halogens is 2. The lowest BCUT2D eigenvalue weighted by Crippen LogP contribution is -2.48. The van der Waals surface area contributed by atoms with Crippen molar-refractivity contribution in [2.75, 3.05) is 20.3 Å². The van der Waals surface area contributed by atoms with Crippen LogP contribution in [-0.4, -0.2) is 37.2 Å². The third kappa shape index (κ3) is 4.68. The summed E-state index contributed by atoms with van der Waals surface area (Å²) >= 11 is 0. The molecule has 3 rings (SSSR count). The minimum Gasteiger partial charge on any atom is -0.484 e. The average Bonchev–Trinajstić information content (AvgIpc) is 2.70. The molecular formula is C23H24F2N2O4. The van der Waals surface area contributed by atoms with Crippen molar-refractivity contribution in [2.24, 2.45) is 0 Å². The minimum atomic E-state index is -0.882. The molecule has 2 aromatic carbocycles. The molecule has 1 N–H and O–H groups in total. The molecule has 2 amide bonds. The Labute approximate surface area is 179 Å². The zero-order valence-electron chi connectivity index (χ0n) is 17.8. The topological polar surface area (TPSA) is 67.9 Å². The molecule has 0 saturated heterocycles. The zero-order valence-corrected chi connectivity index (χ0v) is 17.8. The number of ether oxygens (including phenoxy) is 2. The molecule has 0 aromatic heterocycles. The van der Waals surface area contributed by atoms with Gasteiger partial charge in [0.15, 0.2) is 11.6 Å². The van der Waals surface area contributed by atoms with Crippen LogP contribution >= 0.6 is 0 Å². The lowest BCUT2D eigenvalue weighted by molar-refractivity contribution is -0.139. The Bertz CT molecular complexity index is 1050. The third-order valence-corrected chi connectivity index (χ3v) is 5.07. The Morgan fingerprint density at radius 1 is 1.16 bits per heavy atom. The number of amides is 2. The van der Waals surface area contributed by atoms with Gasteiger partial charge in [0.2, 0.25) is 0 Å². The molecule has 2 aromatic rings. The first kappa shape index (κ1) is 22.3. The van der Waals surface area contributed by atoms with Gasteiger partial charge in [-0.15, -0.1) is 0 Å². The highest BCUT2D eigenvalue weighted by Crippen LogP contribution is 2.33. The van der Waals surface area contributed by atoms with Crippen LogP contribution in [0.15, 0.2) is 47.7 Å². The molecular weight excluding hydrogens is 406 g/mol. The lowest BCUT2D eigenvalue weighted by Gasteiger charge is -2.35. The largest absolute Gasteiger partial charge is 0.484 e. The van der Waals surface area contributed by atoms with Gasteiger partial charge in [-0.25, -0.2) is 18.4 Å². The fourth-order valence-corrected chi connectivity index (χ4v) is 3.50. The Morgan fingerprint density at radius 2 is 1.90 bits per heavy atom. The van der Waals surface area contributed by atoms with Crippen LogP contribution in [0, 0.1) is 25.5 Å². The van der Waals surface area contributed by atoms with Crippen LogP contribution in [0.4, 0.5) is 13.6 Å². The Kier molecular flexibility index (Phi) is 6.58. The van der Waals surface area contributed by atoms with Gasteiger partial charge in [0.05, 0.1) is 23.9 Å². The molecule has 0 radical (unpaired) electrons. The summed E-state index contributed by atoms with van der Waals surface area (Å²) in [5.74, 6) is -2.43. The van der Waals surface area contributed by atoms with Crippen LogP contribution in [0.3, 0.4) is 0 Å². The first-order valence-corrected chi connectivity index (χ1v) is 9.82. The van der Waals surface area contributed by atoms with Crippen molar-refractivity contribution in [1.82, 2.24) is 10.2 Å². The van der Waals surface area contributed by atoms with Crippen LogP contribution < -0.4 is 10.1 Å². The maximum atomic E-state index is 14.0. The van der Waals surface area contributed by atoms with Crippen LogP contribution in [-0.2, 0) is 9.53 Å². The Morgan fingerprint density at radius 3 is 2.55 bits per heavy atom. The number of aryl methyl sites for hydroxylation is 2. The van der Waals surface area contributed by atoms with E-state index in [2.05, 4.69) is 5.32 Å². The summed E-state index contributed by atoms with van der Waals surface area (Å²) in [4.78, 5) is 26.8. The molecule has 0 fully saturated rings. The number of urea groups is 1. The van der Waals surface area contributed by atoms with E-state index in [9.17, 15) is 18.4 Å². The molecule has 0 saturated carbocycles. The number of hydrogen-bond donors (Lipinski definition) is 1. The highest BCUT2D eigenvalue weighted by molar-refractivity contribution is 5.95. The molecule has 164 valence electrons. The average molecular weight is 430 g/mol. The predicted octanol–water partition coefficient (Wildman–Crippen LogP) is 4.17. The second-order valence-electron chi connectivity index (χ2n) is 7.25. The molecule has 1 unspecified atom stereocenters. The van der Waals surface area contributed by atoms with Crippen molar-refractivity contribution >= 4 is 12.0 Å². The first-order chi connectivity index (χ1) is 14.7. The summed E-state index contributed by atoms with van der Waals surface area (Å²) in [5.41, 5.74) is 3.09. The van der Waals surface area contributed by atoms with Crippen molar-refractivity contribution < 1.29 is 27.8 Å². The predicted molar refractivity (Wildman–Crippen MR) is 110 cm³/mol. The number of esters is 1. The van der Waals surface area contributed by atoms with Gasteiger partial charge >= 0.3 is 12.0 Å². The quantitative estimate of drug-likeness (QED) is 0.699. The molecule has 0 aliphatic carbocycles. The smallest absolute Gasteiger partial charge is 0.338 e. The maximum Gasteiger partial charge on any atom is 0.338 e. The number of hydrogen-bond acceptors (Lipinski definition) is 4. The van der Waals surface area contributed by atoms with E-state index in [1.165, 1.54) is 11.9 Å². The van der Waals surface area contributed by atoms with Crippen LogP contribution in [0.5, 0.6) is 5.75 Å². The fraction of sp³-hybridized carbons (Fsp3) is 0.304. The number of rotatable bonds is 6. The summed E-state index contributed by atoms with van der Waals surface area (Å²) in [6.45, 7) is 5.37.